The Balaban J connectivity index is 2.14. The first-order valence-corrected chi connectivity index (χ1v) is 6.55. The van der Waals surface area contributed by atoms with Crippen LogP contribution in [0.2, 0.25) is 5.02 Å². The normalized spacial score (nSPS) is 23.5. The number of nitrogens with zero attached hydrogens (tertiary/aromatic N) is 2. The molecule has 0 amide bonds. The Morgan fingerprint density at radius 2 is 2.38 bits per heavy atom. The van der Waals surface area contributed by atoms with Crippen molar-refractivity contribution in [1.82, 2.24) is 4.90 Å². The lowest BCUT2D eigenvalue weighted by Gasteiger charge is -2.38. The molecule has 0 saturated heterocycles. The van der Waals surface area contributed by atoms with E-state index in [4.69, 9.17) is 17.3 Å². The lowest BCUT2D eigenvalue weighted by Crippen LogP contribution is -2.49. The Bertz CT molecular complexity index is 461. The van der Waals surface area contributed by atoms with Crippen molar-refractivity contribution in [3.63, 3.8) is 0 Å². The largest absolute Gasteiger partial charge is 0.332 e. The molecule has 0 spiro atoms. The molecule has 0 aliphatic carbocycles. The van der Waals surface area contributed by atoms with E-state index in [0.717, 1.165) is 35.9 Å². The number of aliphatic imine (C=N–C) groups is 1. The van der Waals surface area contributed by atoms with E-state index >= 15 is 0 Å². The minimum atomic E-state index is -0.0206. The van der Waals surface area contributed by atoms with Crippen molar-refractivity contribution in [2.45, 2.75) is 16.8 Å². The summed E-state index contributed by atoms with van der Waals surface area (Å²) in [5.41, 5.74) is 7.22. The summed E-state index contributed by atoms with van der Waals surface area (Å²) in [5, 5.41) is 0.753. The fraction of sp³-hybridized carbons (Fsp3) is 0.364. The van der Waals surface area contributed by atoms with Gasteiger partial charge in [-0.2, -0.15) is 0 Å². The van der Waals surface area contributed by atoms with Crippen molar-refractivity contribution >= 4 is 29.2 Å². The molecule has 1 atom stereocenters. The molecule has 2 aliphatic heterocycles. The Kier molecular flexibility index (Phi) is 2.58. The molecular formula is C11H12ClN3S. The van der Waals surface area contributed by atoms with Crippen LogP contribution >= 0.6 is 23.4 Å². The van der Waals surface area contributed by atoms with Crippen LogP contribution < -0.4 is 5.73 Å². The van der Waals surface area contributed by atoms with Crippen LogP contribution in [0.4, 0.5) is 0 Å². The van der Waals surface area contributed by atoms with Crippen LogP contribution in [-0.2, 0) is 0 Å². The van der Waals surface area contributed by atoms with Gasteiger partial charge in [0.25, 0.3) is 0 Å². The number of hydrogen-bond donors (Lipinski definition) is 1. The molecule has 3 nitrogen and oxygen atoms in total. The van der Waals surface area contributed by atoms with Gasteiger partial charge in [0.2, 0.25) is 0 Å². The van der Waals surface area contributed by atoms with E-state index in [0.29, 0.717) is 0 Å². The van der Waals surface area contributed by atoms with Gasteiger partial charge in [-0.15, -0.1) is 0 Å². The van der Waals surface area contributed by atoms with Crippen LogP contribution in [-0.4, -0.2) is 29.3 Å². The summed E-state index contributed by atoms with van der Waals surface area (Å²) in [6.07, 6.45) is 1.08. The highest BCUT2D eigenvalue weighted by atomic mass is 35.5. The summed E-state index contributed by atoms with van der Waals surface area (Å²) >= 11 is 7.70. The number of benzene rings is 1. The molecule has 0 radical (unpaired) electrons. The maximum atomic E-state index is 6.12. The molecule has 2 N–H and O–H groups in total. The molecular weight excluding hydrogens is 242 g/mol. The van der Waals surface area contributed by atoms with E-state index in [2.05, 4.69) is 9.89 Å². The summed E-state index contributed by atoms with van der Waals surface area (Å²) in [5.74, 6) is 1.01. The second-order valence-corrected chi connectivity index (χ2v) is 5.50. The second kappa shape index (κ2) is 3.95. The van der Waals surface area contributed by atoms with Crippen LogP contribution in [0.25, 0.3) is 0 Å². The van der Waals surface area contributed by atoms with Gasteiger partial charge in [-0.1, -0.05) is 23.4 Å². The van der Waals surface area contributed by atoms with E-state index in [1.165, 1.54) is 4.90 Å². The van der Waals surface area contributed by atoms with Crippen LogP contribution in [0, 0.1) is 0 Å². The second-order valence-electron chi connectivity index (χ2n) is 3.90. The average molecular weight is 254 g/mol. The molecule has 1 aromatic rings. The van der Waals surface area contributed by atoms with Gasteiger partial charge < -0.3 is 10.6 Å². The van der Waals surface area contributed by atoms with Crippen molar-refractivity contribution in [2.24, 2.45) is 10.7 Å². The molecule has 16 heavy (non-hydrogen) atoms. The Morgan fingerprint density at radius 1 is 1.50 bits per heavy atom. The zero-order chi connectivity index (χ0) is 11.1. The van der Waals surface area contributed by atoms with E-state index in [-0.39, 0.29) is 5.50 Å². The van der Waals surface area contributed by atoms with Gasteiger partial charge in [-0.05, 0) is 24.6 Å². The molecule has 5 heteroatoms. The topological polar surface area (TPSA) is 41.6 Å². The number of halogens is 1. The van der Waals surface area contributed by atoms with Gasteiger partial charge in [0.05, 0.1) is 0 Å². The summed E-state index contributed by atoms with van der Waals surface area (Å²) in [4.78, 5) is 7.91. The smallest absolute Gasteiger partial charge is 0.134 e. The molecule has 0 aromatic heterocycles. The van der Waals surface area contributed by atoms with Gasteiger partial charge in [-0.25, -0.2) is 0 Å². The zero-order valence-corrected chi connectivity index (χ0v) is 10.3. The van der Waals surface area contributed by atoms with Gasteiger partial charge in [-0.3, -0.25) is 4.99 Å². The Hall–Kier alpha value is -0.710. The number of fused-ring (bicyclic) bond motifs is 3. The van der Waals surface area contributed by atoms with Gasteiger partial charge >= 0.3 is 0 Å². The maximum Gasteiger partial charge on any atom is 0.134 e. The maximum absolute atomic E-state index is 6.12. The number of thioether (sulfide) groups is 1. The molecule has 0 fully saturated rings. The molecule has 2 heterocycles. The highest BCUT2D eigenvalue weighted by Crippen LogP contribution is 2.36. The summed E-state index contributed by atoms with van der Waals surface area (Å²) in [6.45, 7) is 1.87. The SMILES string of the molecule is NC1Sc2ccc(Cl)cc2C2=NCCCN21. The summed E-state index contributed by atoms with van der Waals surface area (Å²) in [6, 6.07) is 5.91. The number of nitrogens with two attached hydrogens (primary N) is 1. The molecule has 84 valence electrons. The van der Waals surface area contributed by atoms with Crippen LogP contribution in [0.15, 0.2) is 28.1 Å². The summed E-state index contributed by atoms with van der Waals surface area (Å²) < 4.78 is 0. The average Bonchev–Trinajstić information content (AvgIpc) is 2.31. The Labute approximate surface area is 104 Å². The van der Waals surface area contributed by atoms with Crippen LogP contribution in [0.1, 0.15) is 12.0 Å². The van der Waals surface area contributed by atoms with E-state index in [1.54, 1.807) is 11.8 Å². The van der Waals surface area contributed by atoms with Gasteiger partial charge in [0.1, 0.15) is 11.3 Å². The van der Waals surface area contributed by atoms with E-state index in [1.807, 2.05) is 18.2 Å². The van der Waals surface area contributed by atoms with Crippen molar-refractivity contribution in [3.05, 3.63) is 28.8 Å². The van der Waals surface area contributed by atoms with E-state index in [9.17, 15) is 0 Å². The minimum absolute atomic E-state index is 0.0206. The third kappa shape index (κ3) is 1.61. The van der Waals surface area contributed by atoms with Crippen LogP contribution in [0.3, 0.4) is 0 Å². The zero-order valence-electron chi connectivity index (χ0n) is 8.69. The van der Waals surface area contributed by atoms with Crippen molar-refractivity contribution in [2.75, 3.05) is 13.1 Å². The lowest BCUT2D eigenvalue weighted by atomic mass is 10.1. The highest BCUT2D eigenvalue weighted by Gasteiger charge is 2.30. The molecule has 1 aromatic carbocycles. The standard InChI is InChI=1S/C11H12ClN3S/c12-7-2-3-9-8(6-7)10-14-4-1-5-15(10)11(13)16-9/h2-3,6,11H,1,4-5,13H2. The third-order valence-electron chi connectivity index (χ3n) is 2.83. The predicted molar refractivity (Wildman–Crippen MR) is 68.0 cm³/mol. The predicted octanol–water partition coefficient (Wildman–Crippen LogP) is 2.14. The summed E-state index contributed by atoms with van der Waals surface area (Å²) in [7, 11) is 0. The van der Waals surface area contributed by atoms with Crippen molar-refractivity contribution in [1.29, 1.82) is 0 Å². The number of rotatable bonds is 0. The lowest BCUT2D eigenvalue weighted by molar-refractivity contribution is 0.375. The molecule has 2 aliphatic rings. The quantitative estimate of drug-likeness (QED) is 0.770. The van der Waals surface area contributed by atoms with Crippen LogP contribution in [0.5, 0.6) is 0 Å². The molecule has 3 rings (SSSR count). The first kappa shape index (κ1) is 10.4. The third-order valence-corrected chi connectivity index (χ3v) is 4.17. The van der Waals surface area contributed by atoms with Gasteiger partial charge in [0.15, 0.2) is 0 Å². The number of amidine groups is 1. The fourth-order valence-electron chi connectivity index (χ4n) is 2.08. The first-order chi connectivity index (χ1) is 7.75. The molecule has 0 bridgehead atoms. The van der Waals surface area contributed by atoms with Crippen molar-refractivity contribution in [3.8, 4) is 0 Å². The Morgan fingerprint density at radius 3 is 3.25 bits per heavy atom. The minimum Gasteiger partial charge on any atom is -0.332 e. The van der Waals surface area contributed by atoms with Gasteiger partial charge in [0, 0.05) is 28.6 Å². The van der Waals surface area contributed by atoms with Crippen molar-refractivity contribution < 1.29 is 0 Å². The van der Waals surface area contributed by atoms with E-state index < -0.39 is 0 Å². The first-order valence-electron chi connectivity index (χ1n) is 5.29. The number of hydrogen-bond acceptors (Lipinski definition) is 4. The molecule has 0 saturated carbocycles. The molecule has 1 unspecified atom stereocenters. The highest BCUT2D eigenvalue weighted by molar-refractivity contribution is 8.00. The fourth-order valence-corrected chi connectivity index (χ4v) is 3.27. The monoisotopic (exact) mass is 253 g/mol.